The minimum absolute atomic E-state index is 0.128. The summed E-state index contributed by atoms with van der Waals surface area (Å²) in [7, 11) is -4.71. The van der Waals surface area contributed by atoms with Gasteiger partial charge in [0.05, 0.1) is 13.2 Å². The number of unbranched alkanes of at least 4 members (excludes halogenated alkanes) is 6. The molecule has 0 saturated heterocycles. The second-order valence-electron chi connectivity index (χ2n) is 8.25. The van der Waals surface area contributed by atoms with Crippen molar-refractivity contribution in [3.8, 4) is 0 Å². The number of amides is 1. The molecule has 12 heteroatoms. The first kappa shape index (κ1) is 34.0. The zero-order valence-corrected chi connectivity index (χ0v) is 22.2. The van der Waals surface area contributed by atoms with Crippen LogP contribution in [0.5, 0.6) is 0 Å². The third kappa shape index (κ3) is 21.3. The fourth-order valence-corrected chi connectivity index (χ4v) is 3.61. The van der Waals surface area contributed by atoms with Gasteiger partial charge in [-0.3, -0.25) is 18.6 Å². The summed E-state index contributed by atoms with van der Waals surface area (Å²) in [4.78, 5) is 43.7. The number of allylic oxidation sites excluding steroid dienone is 4. The minimum Gasteiger partial charge on any atom is -0.480 e. The van der Waals surface area contributed by atoms with Gasteiger partial charge in [0.15, 0.2) is 6.04 Å². The van der Waals surface area contributed by atoms with Crippen molar-refractivity contribution in [1.82, 2.24) is 5.32 Å². The zero-order chi connectivity index (χ0) is 27.2. The minimum atomic E-state index is -4.71. The molecule has 208 valence electrons. The number of hydrogen-bond donors (Lipinski definition) is 4. The maximum absolute atomic E-state index is 12.0. The normalized spacial score (nSPS) is 15.0. The summed E-state index contributed by atoms with van der Waals surface area (Å²) in [5.41, 5.74) is 0. The van der Waals surface area contributed by atoms with Crippen LogP contribution in [0.15, 0.2) is 24.3 Å². The fourth-order valence-electron chi connectivity index (χ4n) is 2.84. The maximum Gasteiger partial charge on any atom is 0.472 e. The number of aliphatic carboxylic acids is 1. The number of aliphatic hydroxyl groups is 1. The largest absolute Gasteiger partial charge is 0.480 e. The number of rotatable bonds is 22. The van der Waals surface area contributed by atoms with Crippen molar-refractivity contribution in [3.63, 3.8) is 0 Å². The van der Waals surface area contributed by atoms with Gasteiger partial charge in [-0.1, -0.05) is 56.9 Å². The van der Waals surface area contributed by atoms with Gasteiger partial charge in [0.2, 0.25) is 5.91 Å². The van der Waals surface area contributed by atoms with E-state index in [1.807, 2.05) is 0 Å². The van der Waals surface area contributed by atoms with Crippen LogP contribution in [-0.4, -0.2) is 64.9 Å². The second kappa shape index (κ2) is 21.1. The lowest BCUT2D eigenvalue weighted by molar-refractivity contribution is -0.144. The molecule has 0 aliphatic rings. The molecule has 0 aliphatic heterocycles. The van der Waals surface area contributed by atoms with Crippen molar-refractivity contribution in [3.05, 3.63) is 24.3 Å². The Morgan fingerprint density at radius 3 is 2.17 bits per heavy atom. The molecule has 0 aromatic heterocycles. The highest BCUT2D eigenvalue weighted by Gasteiger charge is 2.28. The van der Waals surface area contributed by atoms with Crippen LogP contribution in [0.2, 0.25) is 0 Å². The van der Waals surface area contributed by atoms with Crippen LogP contribution in [0, 0.1) is 0 Å². The molecular weight excluding hydrogens is 493 g/mol. The third-order valence-electron chi connectivity index (χ3n) is 4.78. The SMILES string of the molecule is CCC/C=C\C/C=C\CCCCCCCC(=O)NC(COP(=O)(O)OCC(O)COC(C)=O)C(=O)O. The van der Waals surface area contributed by atoms with Crippen molar-refractivity contribution >= 4 is 25.7 Å². The standard InChI is InChI=1S/C24H42NO10P/c1-3-4-5-6-7-8-9-10-11-12-13-14-15-16-23(28)25-22(24(29)30)19-35-36(31,32)34-18-21(27)17-33-20(2)26/h5-6,8-9,21-22,27H,3-4,7,10-19H2,1-2H3,(H,25,28)(H,29,30)(H,31,32)/b6-5-,9-8-. The topological polar surface area (TPSA) is 169 Å². The predicted octanol–water partition coefficient (Wildman–Crippen LogP) is 3.65. The summed E-state index contributed by atoms with van der Waals surface area (Å²) in [5.74, 6) is -2.59. The Kier molecular flexibility index (Phi) is 19.9. The van der Waals surface area contributed by atoms with Crippen molar-refractivity contribution in [2.24, 2.45) is 0 Å². The van der Waals surface area contributed by atoms with Gasteiger partial charge in [0, 0.05) is 13.3 Å². The molecule has 3 atom stereocenters. The molecule has 11 nitrogen and oxygen atoms in total. The van der Waals surface area contributed by atoms with Crippen LogP contribution in [0.25, 0.3) is 0 Å². The Labute approximate surface area is 213 Å². The molecule has 0 fully saturated rings. The van der Waals surface area contributed by atoms with Gasteiger partial charge in [-0.05, 0) is 32.1 Å². The maximum atomic E-state index is 12.0. The summed E-state index contributed by atoms with van der Waals surface area (Å²) in [6.07, 6.45) is 16.2. The number of carbonyl (C=O) groups excluding carboxylic acids is 2. The van der Waals surface area contributed by atoms with E-state index in [1.165, 1.54) is 0 Å². The number of phosphoric ester groups is 1. The molecule has 0 rings (SSSR count). The molecule has 0 aromatic rings. The van der Waals surface area contributed by atoms with Crippen LogP contribution in [0.3, 0.4) is 0 Å². The summed E-state index contributed by atoms with van der Waals surface area (Å²) in [5, 5.41) is 21.0. The van der Waals surface area contributed by atoms with Crippen LogP contribution < -0.4 is 5.32 Å². The van der Waals surface area contributed by atoms with E-state index < -0.39 is 57.6 Å². The predicted molar refractivity (Wildman–Crippen MR) is 134 cm³/mol. The van der Waals surface area contributed by atoms with Crippen LogP contribution in [0.4, 0.5) is 0 Å². The molecule has 0 bridgehead atoms. The smallest absolute Gasteiger partial charge is 0.472 e. The molecule has 0 heterocycles. The van der Waals surface area contributed by atoms with Crippen molar-refractivity contribution in [2.45, 2.75) is 90.2 Å². The molecular formula is C24H42NO10P. The van der Waals surface area contributed by atoms with E-state index in [4.69, 9.17) is 0 Å². The average Bonchev–Trinajstić information content (AvgIpc) is 2.81. The highest BCUT2D eigenvalue weighted by Crippen LogP contribution is 2.43. The van der Waals surface area contributed by atoms with E-state index in [1.54, 1.807) is 0 Å². The lowest BCUT2D eigenvalue weighted by Crippen LogP contribution is -2.43. The second-order valence-corrected chi connectivity index (χ2v) is 9.70. The Morgan fingerprint density at radius 2 is 1.53 bits per heavy atom. The van der Waals surface area contributed by atoms with Gasteiger partial charge in [-0.2, -0.15) is 0 Å². The lowest BCUT2D eigenvalue weighted by atomic mass is 10.1. The molecule has 0 spiro atoms. The van der Waals surface area contributed by atoms with Crippen molar-refractivity contribution < 1.29 is 47.8 Å². The molecule has 4 N–H and O–H groups in total. The quantitative estimate of drug-likeness (QED) is 0.0695. The molecule has 36 heavy (non-hydrogen) atoms. The van der Waals surface area contributed by atoms with E-state index in [0.29, 0.717) is 6.42 Å². The molecule has 1 amide bonds. The average molecular weight is 536 g/mol. The van der Waals surface area contributed by atoms with E-state index in [0.717, 1.165) is 58.3 Å². The summed E-state index contributed by atoms with van der Waals surface area (Å²) in [6.45, 7) is 1.34. The number of carboxylic acids is 1. The van der Waals surface area contributed by atoms with E-state index >= 15 is 0 Å². The van der Waals surface area contributed by atoms with Crippen LogP contribution >= 0.6 is 7.82 Å². The Hall–Kier alpha value is -2.04. The Balaban J connectivity index is 4.06. The number of esters is 1. The molecule has 0 aromatic carbocycles. The van der Waals surface area contributed by atoms with E-state index in [-0.39, 0.29) is 6.42 Å². The number of carbonyl (C=O) groups is 3. The number of aliphatic hydroxyl groups excluding tert-OH is 1. The third-order valence-corrected chi connectivity index (χ3v) is 5.73. The van der Waals surface area contributed by atoms with Crippen LogP contribution in [-0.2, 0) is 32.7 Å². The first-order chi connectivity index (χ1) is 17.1. The lowest BCUT2D eigenvalue weighted by Gasteiger charge is -2.18. The van der Waals surface area contributed by atoms with Gasteiger partial charge in [0.25, 0.3) is 0 Å². The first-order valence-corrected chi connectivity index (χ1v) is 13.8. The van der Waals surface area contributed by atoms with E-state index in [9.17, 15) is 34.1 Å². The number of ether oxygens (including phenoxy) is 1. The number of phosphoric acid groups is 1. The van der Waals surface area contributed by atoms with Crippen molar-refractivity contribution in [2.75, 3.05) is 19.8 Å². The van der Waals surface area contributed by atoms with Crippen LogP contribution in [0.1, 0.15) is 78.1 Å². The van der Waals surface area contributed by atoms with Gasteiger partial charge in [0.1, 0.15) is 12.7 Å². The monoisotopic (exact) mass is 535 g/mol. The molecule has 3 unspecified atom stereocenters. The van der Waals surface area contributed by atoms with Gasteiger partial charge >= 0.3 is 19.8 Å². The number of hydrogen-bond acceptors (Lipinski definition) is 8. The summed E-state index contributed by atoms with van der Waals surface area (Å²) < 4.78 is 25.5. The Morgan fingerprint density at radius 1 is 0.917 bits per heavy atom. The highest BCUT2D eigenvalue weighted by molar-refractivity contribution is 7.47. The van der Waals surface area contributed by atoms with E-state index in [2.05, 4.69) is 50.3 Å². The highest BCUT2D eigenvalue weighted by atomic mass is 31.2. The van der Waals surface area contributed by atoms with Gasteiger partial charge in [-0.15, -0.1) is 0 Å². The Bertz CT molecular complexity index is 740. The van der Waals surface area contributed by atoms with Gasteiger partial charge in [-0.25, -0.2) is 9.36 Å². The molecule has 0 aliphatic carbocycles. The number of carboxylic acid groups (broad SMARTS) is 1. The molecule has 0 radical (unpaired) electrons. The number of nitrogens with one attached hydrogen (secondary N) is 1. The van der Waals surface area contributed by atoms with Crippen molar-refractivity contribution in [1.29, 1.82) is 0 Å². The first-order valence-electron chi connectivity index (χ1n) is 12.3. The summed E-state index contributed by atoms with van der Waals surface area (Å²) in [6, 6.07) is -1.55. The fraction of sp³-hybridized carbons (Fsp3) is 0.708. The zero-order valence-electron chi connectivity index (χ0n) is 21.3. The van der Waals surface area contributed by atoms with Gasteiger partial charge < -0.3 is 25.2 Å². The molecule has 0 saturated carbocycles. The summed E-state index contributed by atoms with van der Waals surface area (Å²) >= 11 is 0.